The molecule has 20 heavy (non-hydrogen) atoms. The summed E-state index contributed by atoms with van der Waals surface area (Å²) < 4.78 is 6.22. The van der Waals surface area contributed by atoms with Crippen molar-refractivity contribution < 1.29 is 4.74 Å². The molecule has 102 valence electrons. The molecular weight excluding hydrogens is 342 g/mol. The Balaban J connectivity index is 2.11. The van der Waals surface area contributed by atoms with Crippen molar-refractivity contribution in [2.45, 2.75) is 6.54 Å². The summed E-state index contributed by atoms with van der Waals surface area (Å²) in [4.78, 5) is 4.04. The molecule has 4 nitrogen and oxygen atoms in total. The van der Waals surface area contributed by atoms with Crippen molar-refractivity contribution >= 4 is 33.2 Å². The van der Waals surface area contributed by atoms with Crippen LogP contribution in [0.4, 0.5) is 5.69 Å². The molecule has 0 spiro atoms. The molecule has 0 bridgehead atoms. The number of rotatable bonds is 5. The number of nitrogens with zero attached hydrogens (tertiary/aromatic N) is 2. The smallest absolute Gasteiger partial charge is 0.174 e. The molecule has 0 atom stereocenters. The number of ether oxygens (including phenoxy) is 1. The minimum absolute atomic E-state index is 0.0240. The zero-order valence-corrected chi connectivity index (χ0v) is 12.8. The molecule has 1 N–H and O–H groups in total. The highest BCUT2D eigenvalue weighted by Gasteiger charge is 2.06. The Labute approximate surface area is 130 Å². The molecule has 0 aliphatic carbocycles. The van der Waals surface area contributed by atoms with Crippen LogP contribution < -0.4 is 10.1 Å². The lowest BCUT2D eigenvalue weighted by Gasteiger charge is -2.12. The third-order valence-electron chi connectivity index (χ3n) is 2.54. The monoisotopic (exact) mass is 351 g/mol. The normalized spacial score (nSPS) is 9.85. The van der Waals surface area contributed by atoms with Crippen molar-refractivity contribution in [3.8, 4) is 11.8 Å². The first-order valence-electron chi connectivity index (χ1n) is 5.83. The topological polar surface area (TPSA) is 57.9 Å². The maximum absolute atomic E-state index is 8.57. The van der Waals surface area contributed by atoms with Crippen LogP contribution in [0.1, 0.15) is 5.56 Å². The van der Waals surface area contributed by atoms with E-state index in [9.17, 15) is 0 Å². The second kappa shape index (κ2) is 7.13. The summed E-state index contributed by atoms with van der Waals surface area (Å²) >= 11 is 9.37. The van der Waals surface area contributed by atoms with Gasteiger partial charge in [-0.1, -0.05) is 29.8 Å². The predicted molar refractivity (Wildman–Crippen MR) is 81.8 cm³/mol. The van der Waals surface area contributed by atoms with Crippen molar-refractivity contribution in [2.24, 2.45) is 0 Å². The van der Waals surface area contributed by atoms with Crippen molar-refractivity contribution in [3.05, 3.63) is 51.7 Å². The highest BCUT2D eigenvalue weighted by atomic mass is 79.9. The number of nitriles is 1. The van der Waals surface area contributed by atoms with Crippen molar-refractivity contribution in [2.75, 3.05) is 11.9 Å². The van der Waals surface area contributed by atoms with E-state index in [0.29, 0.717) is 17.4 Å². The zero-order valence-electron chi connectivity index (χ0n) is 10.4. The minimum Gasteiger partial charge on any atom is -0.478 e. The molecule has 0 fully saturated rings. The maximum Gasteiger partial charge on any atom is 0.174 e. The first-order chi connectivity index (χ1) is 9.70. The summed E-state index contributed by atoms with van der Waals surface area (Å²) in [6.07, 6.45) is 1.64. The second-order valence-electron chi connectivity index (χ2n) is 3.90. The van der Waals surface area contributed by atoms with Gasteiger partial charge in [-0.3, -0.25) is 0 Å². The van der Waals surface area contributed by atoms with Gasteiger partial charge in [0, 0.05) is 22.8 Å². The zero-order chi connectivity index (χ0) is 14.4. The Morgan fingerprint density at radius 1 is 1.40 bits per heavy atom. The number of para-hydroxylation sites is 1. The van der Waals surface area contributed by atoms with Gasteiger partial charge in [0.25, 0.3) is 0 Å². The van der Waals surface area contributed by atoms with E-state index in [1.165, 1.54) is 0 Å². The highest BCUT2D eigenvalue weighted by Crippen LogP contribution is 2.25. The van der Waals surface area contributed by atoms with Crippen LogP contribution in [0.15, 0.2) is 41.0 Å². The van der Waals surface area contributed by atoms with Crippen LogP contribution in [0, 0.1) is 11.3 Å². The van der Waals surface area contributed by atoms with Gasteiger partial charge in [0.1, 0.15) is 11.8 Å². The van der Waals surface area contributed by atoms with Gasteiger partial charge in [-0.25, -0.2) is 4.98 Å². The number of hydrogen-bond acceptors (Lipinski definition) is 4. The number of pyridine rings is 1. The molecule has 1 heterocycles. The first-order valence-corrected chi connectivity index (χ1v) is 7.00. The van der Waals surface area contributed by atoms with E-state index >= 15 is 0 Å². The van der Waals surface area contributed by atoms with Crippen LogP contribution in [0.5, 0.6) is 5.75 Å². The Hall–Kier alpha value is -1.77. The van der Waals surface area contributed by atoms with E-state index in [0.717, 1.165) is 15.7 Å². The summed E-state index contributed by atoms with van der Waals surface area (Å²) in [6.45, 7) is 0.551. The van der Waals surface area contributed by atoms with Crippen LogP contribution in [-0.2, 0) is 6.54 Å². The van der Waals surface area contributed by atoms with E-state index in [4.69, 9.17) is 21.6 Å². The number of benzene rings is 1. The van der Waals surface area contributed by atoms with Gasteiger partial charge in [0.2, 0.25) is 0 Å². The van der Waals surface area contributed by atoms with E-state index in [1.807, 2.05) is 36.4 Å². The van der Waals surface area contributed by atoms with E-state index in [2.05, 4.69) is 26.2 Å². The van der Waals surface area contributed by atoms with Crippen LogP contribution in [0.2, 0.25) is 5.15 Å². The van der Waals surface area contributed by atoms with Crippen LogP contribution >= 0.6 is 27.5 Å². The predicted octanol–water partition coefficient (Wildman–Crippen LogP) is 4.01. The summed E-state index contributed by atoms with van der Waals surface area (Å²) in [5.41, 5.74) is 1.68. The molecule has 2 rings (SSSR count). The molecule has 0 radical (unpaired) electrons. The lowest BCUT2D eigenvalue weighted by atomic mass is 10.2. The van der Waals surface area contributed by atoms with Gasteiger partial charge >= 0.3 is 0 Å². The summed E-state index contributed by atoms with van der Waals surface area (Å²) in [5, 5.41) is 12.2. The molecular formula is C14H11BrClN3O. The molecule has 0 aliphatic rings. The average Bonchev–Trinajstić information content (AvgIpc) is 2.47. The molecule has 0 aliphatic heterocycles. The van der Waals surface area contributed by atoms with Crippen molar-refractivity contribution in [3.63, 3.8) is 0 Å². The largest absolute Gasteiger partial charge is 0.478 e. The average molecular weight is 353 g/mol. The molecule has 1 aromatic carbocycles. The third kappa shape index (κ3) is 3.86. The maximum atomic E-state index is 8.57. The fourth-order valence-corrected chi connectivity index (χ4v) is 2.14. The lowest BCUT2D eigenvalue weighted by Crippen LogP contribution is -2.04. The molecule has 0 amide bonds. The number of anilines is 1. The molecule has 6 heteroatoms. The second-order valence-corrected chi connectivity index (χ2v) is 5.17. The summed E-state index contributed by atoms with van der Waals surface area (Å²) in [6, 6.07) is 11.3. The molecule has 1 aromatic heterocycles. The minimum atomic E-state index is 0.0240. The number of halogens is 2. The molecule has 0 saturated heterocycles. The molecule has 0 saturated carbocycles. The van der Waals surface area contributed by atoms with Gasteiger partial charge in [0.15, 0.2) is 11.8 Å². The Morgan fingerprint density at radius 3 is 3.00 bits per heavy atom. The standard InChI is InChI=1S/C14H11BrClN3O/c15-11-7-12(14(16)19-9-11)18-8-10-3-1-2-4-13(10)20-6-5-17/h1-4,7,9,18H,6,8H2. The Kier molecular flexibility index (Phi) is 5.22. The van der Waals surface area contributed by atoms with Gasteiger partial charge in [-0.2, -0.15) is 5.26 Å². The summed E-state index contributed by atoms with van der Waals surface area (Å²) in [7, 11) is 0. The lowest BCUT2D eigenvalue weighted by molar-refractivity contribution is 0.364. The fraction of sp³-hybridized carbons (Fsp3) is 0.143. The third-order valence-corrected chi connectivity index (χ3v) is 3.27. The number of nitrogens with one attached hydrogen (secondary N) is 1. The van der Waals surface area contributed by atoms with Crippen LogP contribution in [-0.4, -0.2) is 11.6 Å². The van der Waals surface area contributed by atoms with Crippen molar-refractivity contribution in [1.29, 1.82) is 5.26 Å². The quantitative estimate of drug-likeness (QED) is 0.826. The fourth-order valence-electron chi connectivity index (χ4n) is 1.64. The highest BCUT2D eigenvalue weighted by molar-refractivity contribution is 9.10. The van der Waals surface area contributed by atoms with E-state index in [1.54, 1.807) is 6.20 Å². The number of hydrogen-bond donors (Lipinski definition) is 1. The van der Waals surface area contributed by atoms with E-state index in [-0.39, 0.29) is 6.61 Å². The molecule has 2 aromatic rings. The van der Waals surface area contributed by atoms with Crippen molar-refractivity contribution in [1.82, 2.24) is 4.98 Å². The summed E-state index contributed by atoms with van der Waals surface area (Å²) in [5.74, 6) is 0.681. The van der Waals surface area contributed by atoms with Gasteiger partial charge in [-0.05, 0) is 28.1 Å². The van der Waals surface area contributed by atoms with Crippen LogP contribution in [0.25, 0.3) is 0 Å². The van der Waals surface area contributed by atoms with E-state index < -0.39 is 0 Å². The molecule has 0 unspecified atom stereocenters. The number of aromatic nitrogens is 1. The Bertz CT molecular complexity index is 643. The SMILES string of the molecule is N#CCOc1ccccc1CNc1cc(Br)cnc1Cl. The van der Waals surface area contributed by atoms with Gasteiger partial charge in [0.05, 0.1) is 5.69 Å². The van der Waals surface area contributed by atoms with Gasteiger partial charge < -0.3 is 10.1 Å². The first kappa shape index (κ1) is 14.6. The Morgan fingerprint density at radius 2 is 2.20 bits per heavy atom. The van der Waals surface area contributed by atoms with Gasteiger partial charge in [-0.15, -0.1) is 0 Å². The van der Waals surface area contributed by atoms with Crippen LogP contribution in [0.3, 0.4) is 0 Å².